The fraction of sp³-hybridized carbons (Fsp3) is 0.438. The monoisotopic (exact) mass is 256 g/mol. The number of aromatic nitrogens is 1. The lowest BCUT2D eigenvalue weighted by Crippen LogP contribution is -2.42. The zero-order valence-electron chi connectivity index (χ0n) is 11.3. The van der Waals surface area contributed by atoms with Crippen molar-refractivity contribution >= 4 is 10.9 Å². The highest BCUT2D eigenvalue weighted by molar-refractivity contribution is 5.82. The van der Waals surface area contributed by atoms with E-state index in [0.717, 1.165) is 42.4 Å². The fourth-order valence-corrected chi connectivity index (χ4v) is 3.10. The van der Waals surface area contributed by atoms with E-state index in [1.807, 2.05) is 37.3 Å². The molecule has 2 N–H and O–H groups in total. The van der Waals surface area contributed by atoms with Crippen LogP contribution in [0.15, 0.2) is 36.5 Å². The second-order valence-corrected chi connectivity index (χ2v) is 5.57. The number of benzene rings is 1. The van der Waals surface area contributed by atoms with Gasteiger partial charge < -0.3 is 10.4 Å². The highest BCUT2D eigenvalue weighted by Crippen LogP contribution is 2.36. The number of hydrogen-bond acceptors (Lipinski definition) is 3. The van der Waals surface area contributed by atoms with Crippen LogP contribution in [0.2, 0.25) is 0 Å². The smallest absolute Gasteiger partial charge is 0.0915 e. The summed E-state index contributed by atoms with van der Waals surface area (Å²) in [4.78, 5) is 4.37. The van der Waals surface area contributed by atoms with Gasteiger partial charge in [-0.1, -0.05) is 18.2 Å². The van der Waals surface area contributed by atoms with E-state index in [4.69, 9.17) is 0 Å². The molecule has 0 bridgehead atoms. The van der Waals surface area contributed by atoms with Gasteiger partial charge in [-0.15, -0.1) is 0 Å². The van der Waals surface area contributed by atoms with Crippen molar-refractivity contribution in [3.05, 3.63) is 42.1 Å². The molecule has 2 heterocycles. The molecule has 2 unspecified atom stereocenters. The molecular formula is C16H20N2O. The molecule has 3 heteroatoms. The molecule has 1 fully saturated rings. The van der Waals surface area contributed by atoms with E-state index in [-0.39, 0.29) is 5.92 Å². The van der Waals surface area contributed by atoms with Gasteiger partial charge in [-0.2, -0.15) is 0 Å². The van der Waals surface area contributed by atoms with E-state index in [1.54, 1.807) is 6.20 Å². The summed E-state index contributed by atoms with van der Waals surface area (Å²) in [5.41, 5.74) is 1.13. The van der Waals surface area contributed by atoms with Crippen LogP contribution in [-0.4, -0.2) is 23.2 Å². The molecule has 1 aromatic heterocycles. The van der Waals surface area contributed by atoms with Gasteiger partial charge in [-0.05, 0) is 44.0 Å². The van der Waals surface area contributed by atoms with Gasteiger partial charge in [0.25, 0.3) is 0 Å². The maximum Gasteiger partial charge on any atom is 0.0915 e. The topological polar surface area (TPSA) is 45.2 Å². The number of fused-ring (bicyclic) bond motifs is 1. The van der Waals surface area contributed by atoms with Crippen LogP contribution in [0, 0.1) is 5.92 Å². The second-order valence-electron chi connectivity index (χ2n) is 5.57. The van der Waals surface area contributed by atoms with E-state index in [9.17, 15) is 5.11 Å². The van der Waals surface area contributed by atoms with Crippen LogP contribution in [0.3, 0.4) is 0 Å². The van der Waals surface area contributed by atoms with Crippen LogP contribution in [0.5, 0.6) is 0 Å². The molecule has 0 radical (unpaired) electrons. The lowest BCUT2D eigenvalue weighted by Gasteiger charge is -2.37. The molecule has 0 aliphatic carbocycles. The van der Waals surface area contributed by atoms with E-state index in [0.29, 0.717) is 0 Å². The van der Waals surface area contributed by atoms with E-state index in [2.05, 4.69) is 10.3 Å². The Labute approximate surface area is 113 Å². The van der Waals surface area contributed by atoms with Crippen LogP contribution < -0.4 is 5.32 Å². The molecule has 1 saturated heterocycles. The molecule has 100 valence electrons. The fourth-order valence-electron chi connectivity index (χ4n) is 3.10. The van der Waals surface area contributed by atoms with Crippen molar-refractivity contribution in [2.75, 3.05) is 13.1 Å². The van der Waals surface area contributed by atoms with Crippen LogP contribution >= 0.6 is 0 Å². The largest absolute Gasteiger partial charge is 0.385 e. The van der Waals surface area contributed by atoms with Crippen molar-refractivity contribution in [3.63, 3.8) is 0 Å². The normalized spacial score (nSPS) is 23.2. The third kappa shape index (κ3) is 2.24. The summed E-state index contributed by atoms with van der Waals surface area (Å²) in [6.07, 6.45) is 3.99. The average Bonchev–Trinajstić information content (AvgIpc) is 2.47. The molecule has 2 aromatic rings. The summed E-state index contributed by atoms with van der Waals surface area (Å²) in [5.74, 6) is 0.257. The first kappa shape index (κ1) is 12.6. The maximum absolute atomic E-state index is 11.0. The lowest BCUT2D eigenvalue weighted by atomic mass is 9.77. The Morgan fingerprint density at radius 3 is 3.00 bits per heavy atom. The SMILES string of the molecule is CC(O)(c1cccc2ncccc12)C1CCCNC1. The Kier molecular flexibility index (Phi) is 3.25. The molecule has 1 aliphatic rings. The standard InChI is InChI=1S/C16H20N2O/c1-16(19,12-5-3-9-17-11-12)14-7-2-8-15-13(14)6-4-10-18-15/h2,4,6-8,10,12,17,19H,3,5,9,11H2,1H3. The lowest BCUT2D eigenvalue weighted by molar-refractivity contribution is -0.0143. The van der Waals surface area contributed by atoms with Crippen molar-refractivity contribution in [2.24, 2.45) is 5.92 Å². The Balaban J connectivity index is 2.07. The third-order valence-corrected chi connectivity index (χ3v) is 4.28. The first-order valence-electron chi connectivity index (χ1n) is 6.97. The van der Waals surface area contributed by atoms with Gasteiger partial charge in [0, 0.05) is 24.0 Å². The molecule has 1 aromatic carbocycles. The quantitative estimate of drug-likeness (QED) is 0.867. The predicted octanol–water partition coefficient (Wildman–Crippen LogP) is 2.44. The summed E-state index contributed by atoms with van der Waals surface area (Å²) < 4.78 is 0. The molecule has 0 amide bonds. The average molecular weight is 256 g/mol. The highest BCUT2D eigenvalue weighted by atomic mass is 16.3. The molecule has 3 nitrogen and oxygen atoms in total. The molecule has 2 atom stereocenters. The Morgan fingerprint density at radius 2 is 2.21 bits per heavy atom. The van der Waals surface area contributed by atoms with Crippen molar-refractivity contribution in [3.8, 4) is 0 Å². The third-order valence-electron chi connectivity index (χ3n) is 4.28. The summed E-state index contributed by atoms with van der Waals surface area (Å²) in [5, 5.41) is 15.5. The van der Waals surface area contributed by atoms with Crippen LogP contribution in [0.4, 0.5) is 0 Å². The van der Waals surface area contributed by atoms with E-state index in [1.165, 1.54) is 0 Å². The van der Waals surface area contributed by atoms with Gasteiger partial charge in [0.15, 0.2) is 0 Å². The minimum Gasteiger partial charge on any atom is -0.385 e. The van der Waals surface area contributed by atoms with Crippen LogP contribution in [0.25, 0.3) is 10.9 Å². The highest BCUT2D eigenvalue weighted by Gasteiger charge is 2.35. The minimum atomic E-state index is -0.810. The van der Waals surface area contributed by atoms with Gasteiger partial charge in [0.2, 0.25) is 0 Å². The number of nitrogens with one attached hydrogen (secondary N) is 1. The number of pyridine rings is 1. The van der Waals surface area contributed by atoms with E-state index < -0.39 is 5.60 Å². The number of piperidine rings is 1. The van der Waals surface area contributed by atoms with E-state index >= 15 is 0 Å². The van der Waals surface area contributed by atoms with Crippen molar-refractivity contribution in [1.29, 1.82) is 0 Å². The van der Waals surface area contributed by atoms with Crippen LogP contribution in [-0.2, 0) is 5.60 Å². The summed E-state index contributed by atoms with van der Waals surface area (Å²) >= 11 is 0. The summed E-state index contributed by atoms with van der Waals surface area (Å²) in [7, 11) is 0. The number of hydrogen-bond donors (Lipinski definition) is 2. The predicted molar refractivity (Wildman–Crippen MR) is 76.9 cm³/mol. The van der Waals surface area contributed by atoms with Crippen molar-refractivity contribution in [2.45, 2.75) is 25.4 Å². The van der Waals surface area contributed by atoms with Crippen molar-refractivity contribution in [1.82, 2.24) is 10.3 Å². The first-order chi connectivity index (χ1) is 9.19. The Morgan fingerprint density at radius 1 is 1.32 bits per heavy atom. The zero-order chi connectivity index (χ0) is 13.3. The summed E-state index contributed by atoms with van der Waals surface area (Å²) in [6.45, 7) is 3.87. The molecule has 3 rings (SSSR count). The summed E-state index contributed by atoms with van der Waals surface area (Å²) in [6, 6.07) is 9.98. The zero-order valence-corrected chi connectivity index (χ0v) is 11.3. The number of aliphatic hydroxyl groups is 1. The van der Waals surface area contributed by atoms with Gasteiger partial charge in [-0.3, -0.25) is 4.98 Å². The molecule has 0 saturated carbocycles. The molecular weight excluding hydrogens is 236 g/mol. The number of rotatable bonds is 2. The second kappa shape index (κ2) is 4.91. The Bertz CT molecular complexity index is 568. The minimum absolute atomic E-state index is 0.257. The number of nitrogens with zero attached hydrogens (tertiary/aromatic N) is 1. The van der Waals surface area contributed by atoms with Crippen molar-refractivity contribution < 1.29 is 5.11 Å². The first-order valence-corrected chi connectivity index (χ1v) is 6.97. The Hall–Kier alpha value is -1.45. The van der Waals surface area contributed by atoms with Gasteiger partial charge in [-0.25, -0.2) is 0 Å². The van der Waals surface area contributed by atoms with Gasteiger partial charge >= 0.3 is 0 Å². The molecule has 1 aliphatic heterocycles. The molecule has 19 heavy (non-hydrogen) atoms. The maximum atomic E-state index is 11.0. The molecule has 0 spiro atoms. The van der Waals surface area contributed by atoms with Gasteiger partial charge in [0.1, 0.15) is 0 Å². The van der Waals surface area contributed by atoms with Crippen LogP contribution in [0.1, 0.15) is 25.3 Å². The van der Waals surface area contributed by atoms with Gasteiger partial charge in [0.05, 0.1) is 11.1 Å².